The molecule has 0 atom stereocenters. The Morgan fingerprint density at radius 2 is 1.89 bits per heavy atom. The molecule has 0 unspecified atom stereocenters. The molecule has 148 valence electrons. The van der Waals surface area contributed by atoms with Crippen LogP contribution in [0.4, 0.5) is 4.39 Å². The SMILES string of the molecule is C=C(C)C.O=C(NCC1CCN(Cc2ccc(F)cc2)CC1)C1=CNCC1. The molecule has 1 aromatic carbocycles. The van der Waals surface area contributed by atoms with E-state index >= 15 is 0 Å². The van der Waals surface area contributed by atoms with Gasteiger partial charge in [0, 0.05) is 31.4 Å². The van der Waals surface area contributed by atoms with Gasteiger partial charge in [-0.25, -0.2) is 4.39 Å². The van der Waals surface area contributed by atoms with Gasteiger partial charge < -0.3 is 10.6 Å². The van der Waals surface area contributed by atoms with Gasteiger partial charge in [0.2, 0.25) is 5.91 Å². The topological polar surface area (TPSA) is 44.4 Å². The number of piperidine rings is 1. The lowest BCUT2D eigenvalue weighted by Crippen LogP contribution is -2.38. The van der Waals surface area contributed by atoms with Crippen molar-refractivity contribution in [3.63, 3.8) is 0 Å². The predicted molar refractivity (Wildman–Crippen MR) is 109 cm³/mol. The largest absolute Gasteiger partial charge is 0.390 e. The molecular formula is C22H32FN3O. The van der Waals surface area contributed by atoms with E-state index in [0.717, 1.165) is 63.1 Å². The fraction of sp³-hybridized carbons (Fsp3) is 0.500. The van der Waals surface area contributed by atoms with Crippen molar-refractivity contribution in [1.29, 1.82) is 0 Å². The molecule has 0 aliphatic carbocycles. The van der Waals surface area contributed by atoms with Crippen molar-refractivity contribution >= 4 is 5.91 Å². The van der Waals surface area contributed by atoms with Gasteiger partial charge in [-0.05, 0) is 69.8 Å². The molecule has 2 aliphatic rings. The second kappa shape index (κ2) is 10.9. The van der Waals surface area contributed by atoms with E-state index in [1.54, 1.807) is 0 Å². The third kappa shape index (κ3) is 7.95. The number of amides is 1. The van der Waals surface area contributed by atoms with Crippen LogP contribution in [0.25, 0.3) is 0 Å². The van der Waals surface area contributed by atoms with Crippen LogP contribution >= 0.6 is 0 Å². The van der Waals surface area contributed by atoms with Crippen LogP contribution in [-0.2, 0) is 11.3 Å². The fourth-order valence-electron chi connectivity index (χ4n) is 3.20. The van der Waals surface area contributed by atoms with Crippen LogP contribution in [-0.4, -0.2) is 37.0 Å². The van der Waals surface area contributed by atoms with Gasteiger partial charge in [-0.1, -0.05) is 17.7 Å². The van der Waals surface area contributed by atoms with Crippen molar-refractivity contribution in [2.45, 2.75) is 39.7 Å². The Morgan fingerprint density at radius 1 is 1.26 bits per heavy atom. The van der Waals surface area contributed by atoms with Crippen molar-refractivity contribution in [2.24, 2.45) is 5.92 Å². The highest BCUT2D eigenvalue weighted by molar-refractivity contribution is 5.93. The molecule has 2 aliphatic heterocycles. The van der Waals surface area contributed by atoms with Gasteiger partial charge in [0.15, 0.2) is 0 Å². The molecule has 1 aromatic rings. The smallest absolute Gasteiger partial charge is 0.248 e. The quantitative estimate of drug-likeness (QED) is 0.775. The molecule has 27 heavy (non-hydrogen) atoms. The van der Waals surface area contributed by atoms with Gasteiger partial charge >= 0.3 is 0 Å². The van der Waals surface area contributed by atoms with E-state index in [9.17, 15) is 9.18 Å². The van der Waals surface area contributed by atoms with E-state index in [2.05, 4.69) is 22.1 Å². The predicted octanol–water partition coefficient (Wildman–Crippen LogP) is 3.61. The number of nitrogens with one attached hydrogen (secondary N) is 2. The minimum absolute atomic E-state index is 0.0729. The number of nitrogens with zero attached hydrogens (tertiary/aromatic N) is 1. The van der Waals surface area contributed by atoms with E-state index in [1.807, 2.05) is 32.2 Å². The van der Waals surface area contributed by atoms with E-state index in [4.69, 9.17) is 0 Å². The van der Waals surface area contributed by atoms with Crippen LogP contribution in [0, 0.1) is 11.7 Å². The van der Waals surface area contributed by atoms with Gasteiger partial charge in [0.05, 0.1) is 0 Å². The van der Waals surface area contributed by atoms with Crippen LogP contribution in [0.5, 0.6) is 0 Å². The van der Waals surface area contributed by atoms with Gasteiger partial charge in [-0.15, -0.1) is 6.58 Å². The monoisotopic (exact) mass is 373 g/mol. The highest BCUT2D eigenvalue weighted by atomic mass is 19.1. The summed E-state index contributed by atoms with van der Waals surface area (Å²) in [5, 5.41) is 6.13. The lowest BCUT2D eigenvalue weighted by molar-refractivity contribution is -0.117. The summed E-state index contributed by atoms with van der Waals surface area (Å²) in [6.45, 7) is 12.1. The molecule has 1 fully saturated rings. The van der Waals surface area contributed by atoms with Crippen molar-refractivity contribution in [1.82, 2.24) is 15.5 Å². The Labute approximate surface area is 162 Å². The number of carbonyl (C=O) groups is 1. The van der Waals surface area contributed by atoms with Crippen molar-refractivity contribution in [3.8, 4) is 0 Å². The normalized spacial score (nSPS) is 17.4. The Balaban J connectivity index is 0.000000596. The lowest BCUT2D eigenvalue weighted by atomic mass is 9.96. The first kappa shape index (κ1) is 21.2. The molecule has 1 amide bonds. The maximum Gasteiger partial charge on any atom is 0.248 e. The summed E-state index contributed by atoms with van der Waals surface area (Å²) in [5.41, 5.74) is 3.18. The summed E-state index contributed by atoms with van der Waals surface area (Å²) >= 11 is 0. The molecule has 0 aromatic heterocycles. The molecule has 4 nitrogen and oxygen atoms in total. The summed E-state index contributed by atoms with van der Waals surface area (Å²) in [6.07, 6.45) is 4.83. The molecule has 0 radical (unpaired) electrons. The van der Waals surface area contributed by atoms with Gasteiger partial charge in [-0.3, -0.25) is 9.69 Å². The molecule has 5 heteroatoms. The molecule has 0 bridgehead atoms. The third-order valence-corrected chi connectivity index (χ3v) is 4.68. The third-order valence-electron chi connectivity index (χ3n) is 4.68. The number of hydrogen-bond donors (Lipinski definition) is 2. The van der Waals surface area contributed by atoms with E-state index in [-0.39, 0.29) is 11.7 Å². The summed E-state index contributed by atoms with van der Waals surface area (Å²) in [6, 6.07) is 6.74. The molecular weight excluding hydrogens is 341 g/mol. The van der Waals surface area contributed by atoms with Crippen LogP contribution in [0.1, 0.15) is 38.7 Å². The second-order valence-corrected chi connectivity index (χ2v) is 7.64. The molecule has 0 saturated carbocycles. The highest BCUT2D eigenvalue weighted by Crippen LogP contribution is 2.19. The Bertz CT molecular complexity index is 642. The summed E-state index contributed by atoms with van der Waals surface area (Å²) in [7, 11) is 0. The van der Waals surface area contributed by atoms with Crippen molar-refractivity contribution < 1.29 is 9.18 Å². The minimum Gasteiger partial charge on any atom is -0.390 e. The number of allylic oxidation sites excluding steroid dienone is 1. The Hall–Kier alpha value is -2.14. The number of benzene rings is 1. The van der Waals surface area contributed by atoms with Crippen molar-refractivity contribution in [3.05, 3.63) is 59.6 Å². The number of rotatable bonds is 5. The lowest BCUT2D eigenvalue weighted by Gasteiger charge is -2.32. The first-order valence-corrected chi connectivity index (χ1v) is 9.73. The zero-order chi connectivity index (χ0) is 19.6. The minimum atomic E-state index is -0.184. The maximum absolute atomic E-state index is 12.9. The van der Waals surface area contributed by atoms with Crippen molar-refractivity contribution in [2.75, 3.05) is 26.2 Å². The highest BCUT2D eigenvalue weighted by Gasteiger charge is 2.21. The molecule has 0 spiro atoms. The van der Waals surface area contributed by atoms with Crippen LogP contribution in [0.3, 0.4) is 0 Å². The first-order valence-electron chi connectivity index (χ1n) is 9.73. The number of carbonyl (C=O) groups excluding carboxylic acids is 1. The number of hydrogen-bond acceptors (Lipinski definition) is 3. The molecule has 2 N–H and O–H groups in total. The first-order chi connectivity index (χ1) is 12.9. The number of halogens is 1. The van der Waals surface area contributed by atoms with E-state index in [0.29, 0.717) is 5.92 Å². The summed E-state index contributed by atoms with van der Waals surface area (Å²) in [4.78, 5) is 14.4. The van der Waals surface area contributed by atoms with E-state index < -0.39 is 0 Å². The molecule has 1 saturated heterocycles. The van der Waals surface area contributed by atoms with Gasteiger partial charge in [0.1, 0.15) is 5.82 Å². The number of likely N-dealkylation sites (tertiary alicyclic amines) is 1. The summed E-state index contributed by atoms with van der Waals surface area (Å²) < 4.78 is 12.9. The van der Waals surface area contributed by atoms with Crippen LogP contribution in [0.15, 0.2) is 48.2 Å². The Morgan fingerprint density at radius 3 is 2.44 bits per heavy atom. The summed E-state index contributed by atoms with van der Waals surface area (Å²) in [5.74, 6) is 0.442. The second-order valence-electron chi connectivity index (χ2n) is 7.64. The molecule has 2 heterocycles. The zero-order valence-corrected chi connectivity index (χ0v) is 16.6. The Kier molecular flexibility index (Phi) is 8.52. The molecule has 3 rings (SSSR count). The maximum atomic E-state index is 12.9. The van der Waals surface area contributed by atoms with Crippen LogP contribution in [0.2, 0.25) is 0 Å². The standard InChI is InChI=1S/C18H24FN3O.C4H8/c19-17-3-1-15(2-4-17)13-22-9-6-14(7-10-22)11-21-18(23)16-5-8-20-12-16;1-4(2)3/h1-4,12,14,20H,5-11,13H2,(H,21,23);1H2,2-3H3. The van der Waals surface area contributed by atoms with E-state index in [1.165, 1.54) is 17.7 Å². The fourth-order valence-corrected chi connectivity index (χ4v) is 3.20. The average molecular weight is 374 g/mol. The van der Waals surface area contributed by atoms with Gasteiger partial charge in [0.25, 0.3) is 0 Å². The zero-order valence-electron chi connectivity index (χ0n) is 16.6. The van der Waals surface area contributed by atoms with Crippen LogP contribution < -0.4 is 10.6 Å². The average Bonchev–Trinajstić information content (AvgIpc) is 3.17. The van der Waals surface area contributed by atoms with Gasteiger partial charge in [-0.2, -0.15) is 0 Å².